The first kappa shape index (κ1) is 15.4. The number of hydrogen-bond acceptors (Lipinski definition) is 4. The zero-order chi connectivity index (χ0) is 15.6. The van der Waals surface area contributed by atoms with Crippen molar-refractivity contribution in [2.75, 3.05) is 0 Å². The number of aryl methyl sites for hydroxylation is 1. The number of ether oxygens (including phenoxy) is 1. The lowest BCUT2D eigenvalue weighted by atomic mass is 10.1. The highest BCUT2D eigenvalue weighted by atomic mass is 79.9. The van der Waals surface area contributed by atoms with E-state index in [1.54, 1.807) is 19.9 Å². The minimum atomic E-state index is -0.436. The lowest BCUT2D eigenvalue weighted by Crippen LogP contribution is -2.05. The van der Waals surface area contributed by atoms with Crippen LogP contribution >= 0.6 is 15.9 Å². The van der Waals surface area contributed by atoms with Gasteiger partial charge >= 0.3 is 0 Å². The summed E-state index contributed by atoms with van der Waals surface area (Å²) < 4.78 is 19.2. The molecule has 0 aliphatic carbocycles. The Hall–Kier alpha value is -2.02. The van der Waals surface area contributed by atoms with Crippen molar-refractivity contribution in [2.45, 2.75) is 20.5 Å². The van der Waals surface area contributed by atoms with Crippen LogP contribution < -0.4 is 4.74 Å². The molecule has 1 aromatic heterocycles. The second-order valence-corrected chi connectivity index (χ2v) is 5.43. The minimum Gasteiger partial charge on any atom is -0.487 e. The van der Waals surface area contributed by atoms with Gasteiger partial charge in [-0.25, -0.2) is 4.39 Å². The highest BCUT2D eigenvalue weighted by Gasteiger charge is 2.18. The lowest BCUT2D eigenvalue weighted by Gasteiger charge is -2.10. The first-order chi connectivity index (χ1) is 9.88. The second-order valence-electron chi connectivity index (χ2n) is 4.51. The predicted octanol–water partition coefficient (Wildman–Crippen LogP) is 4.09. The van der Waals surface area contributed by atoms with Gasteiger partial charge in [0, 0.05) is 22.3 Å². The van der Waals surface area contributed by atoms with Crippen LogP contribution in [0.5, 0.6) is 5.75 Å². The van der Waals surface area contributed by atoms with Gasteiger partial charge in [-0.1, -0.05) is 15.9 Å². The first-order valence-corrected chi connectivity index (χ1v) is 6.86. The third kappa shape index (κ3) is 3.55. The quantitative estimate of drug-likeness (QED) is 0.612. The van der Waals surface area contributed by atoms with Crippen molar-refractivity contribution >= 4 is 21.6 Å². The van der Waals surface area contributed by atoms with Crippen molar-refractivity contribution in [1.82, 2.24) is 4.98 Å². The van der Waals surface area contributed by atoms with Crippen molar-refractivity contribution in [3.63, 3.8) is 0 Å². The van der Waals surface area contributed by atoms with E-state index >= 15 is 0 Å². The third-order valence-electron chi connectivity index (χ3n) is 2.97. The van der Waals surface area contributed by atoms with Gasteiger partial charge in [0.1, 0.15) is 18.2 Å². The van der Waals surface area contributed by atoms with E-state index in [4.69, 9.17) is 4.74 Å². The zero-order valence-electron chi connectivity index (χ0n) is 11.4. The van der Waals surface area contributed by atoms with Crippen LogP contribution in [0.3, 0.4) is 0 Å². The van der Waals surface area contributed by atoms with Gasteiger partial charge in [-0.2, -0.15) is 0 Å². The molecule has 2 aromatic rings. The predicted molar refractivity (Wildman–Crippen MR) is 78.8 cm³/mol. The summed E-state index contributed by atoms with van der Waals surface area (Å²) in [7, 11) is 0. The molecule has 110 valence electrons. The largest absolute Gasteiger partial charge is 0.487 e. The molecule has 21 heavy (non-hydrogen) atoms. The van der Waals surface area contributed by atoms with E-state index in [1.165, 1.54) is 18.3 Å². The number of aromatic nitrogens is 1. The molecule has 0 aliphatic rings. The Balaban J connectivity index is 2.24. The number of nitrogens with zero attached hydrogens (tertiary/aromatic N) is 2. The molecule has 1 aromatic carbocycles. The fourth-order valence-corrected chi connectivity index (χ4v) is 2.40. The van der Waals surface area contributed by atoms with E-state index in [0.717, 1.165) is 0 Å². The molecule has 2 rings (SSSR count). The molecule has 0 saturated heterocycles. The van der Waals surface area contributed by atoms with Gasteiger partial charge in [0.2, 0.25) is 0 Å². The zero-order valence-corrected chi connectivity index (χ0v) is 13.0. The normalized spacial score (nSPS) is 10.5. The van der Waals surface area contributed by atoms with Crippen molar-refractivity contribution < 1.29 is 14.1 Å². The Morgan fingerprint density at radius 1 is 1.38 bits per heavy atom. The van der Waals surface area contributed by atoms with Crippen LogP contribution in [-0.4, -0.2) is 9.91 Å². The van der Waals surface area contributed by atoms with Crippen molar-refractivity contribution in [1.29, 1.82) is 0 Å². The molecule has 0 bridgehead atoms. The standard InChI is InChI=1S/C14H12BrFN2O3/c1-8-6-17-13(9(2)14(8)18(19)20)7-21-12-4-10(15)3-11(16)5-12/h3-6H,7H2,1-2H3. The topological polar surface area (TPSA) is 65.3 Å². The average molecular weight is 355 g/mol. The van der Waals surface area contributed by atoms with E-state index in [2.05, 4.69) is 20.9 Å². The van der Waals surface area contributed by atoms with Crippen LogP contribution in [0.2, 0.25) is 0 Å². The summed E-state index contributed by atoms with van der Waals surface area (Å²) in [5, 5.41) is 11.0. The molecule has 0 saturated carbocycles. The van der Waals surface area contributed by atoms with Crippen LogP contribution in [0.15, 0.2) is 28.9 Å². The number of rotatable bonds is 4. The Labute approximate surface area is 129 Å². The summed E-state index contributed by atoms with van der Waals surface area (Å²) in [6.45, 7) is 3.29. The fraction of sp³-hybridized carbons (Fsp3) is 0.214. The molecule has 1 heterocycles. The first-order valence-electron chi connectivity index (χ1n) is 6.07. The summed E-state index contributed by atoms with van der Waals surface area (Å²) in [4.78, 5) is 14.7. The van der Waals surface area contributed by atoms with Crippen LogP contribution in [0.25, 0.3) is 0 Å². The average Bonchev–Trinajstić information content (AvgIpc) is 2.36. The van der Waals surface area contributed by atoms with Gasteiger partial charge in [-0.05, 0) is 26.0 Å². The van der Waals surface area contributed by atoms with Gasteiger partial charge < -0.3 is 4.74 Å². The van der Waals surface area contributed by atoms with Gasteiger partial charge in [0.25, 0.3) is 5.69 Å². The van der Waals surface area contributed by atoms with Crippen molar-refractivity contribution in [2.24, 2.45) is 0 Å². The number of benzene rings is 1. The summed E-state index contributed by atoms with van der Waals surface area (Å²) in [6.07, 6.45) is 1.44. The maximum atomic E-state index is 13.2. The summed E-state index contributed by atoms with van der Waals surface area (Å²) >= 11 is 3.17. The monoisotopic (exact) mass is 354 g/mol. The Bertz CT molecular complexity index is 687. The highest BCUT2D eigenvalue weighted by molar-refractivity contribution is 9.10. The van der Waals surface area contributed by atoms with Crippen LogP contribution in [0.4, 0.5) is 10.1 Å². The number of hydrogen-bond donors (Lipinski definition) is 0. The van der Waals surface area contributed by atoms with Gasteiger partial charge in [0.05, 0.1) is 16.2 Å². The summed E-state index contributed by atoms with van der Waals surface area (Å²) in [6, 6.07) is 4.16. The number of nitro groups is 1. The molecule has 7 heteroatoms. The third-order valence-corrected chi connectivity index (χ3v) is 3.43. The molecule has 5 nitrogen and oxygen atoms in total. The molecule has 0 atom stereocenters. The van der Waals surface area contributed by atoms with Gasteiger partial charge in [0.15, 0.2) is 0 Å². The van der Waals surface area contributed by atoms with E-state index in [9.17, 15) is 14.5 Å². The maximum Gasteiger partial charge on any atom is 0.278 e. The molecular formula is C14H12BrFN2O3. The minimum absolute atomic E-state index is 0.0306. The smallest absolute Gasteiger partial charge is 0.278 e. The molecule has 0 radical (unpaired) electrons. The molecule has 0 fully saturated rings. The van der Waals surface area contributed by atoms with Crippen LogP contribution in [0, 0.1) is 29.8 Å². The number of pyridine rings is 1. The Morgan fingerprint density at radius 2 is 2.10 bits per heavy atom. The lowest BCUT2D eigenvalue weighted by molar-refractivity contribution is -0.386. The molecule has 0 aliphatic heterocycles. The molecule has 0 unspecified atom stereocenters. The SMILES string of the molecule is Cc1cnc(COc2cc(F)cc(Br)c2)c(C)c1[N+](=O)[O-]. The second kappa shape index (κ2) is 6.17. The van der Waals surface area contributed by atoms with Gasteiger partial charge in [-0.15, -0.1) is 0 Å². The highest BCUT2D eigenvalue weighted by Crippen LogP contribution is 2.26. The molecule has 0 spiro atoms. The fourth-order valence-electron chi connectivity index (χ4n) is 1.96. The van der Waals surface area contributed by atoms with Crippen molar-refractivity contribution in [3.05, 3.63) is 61.6 Å². The van der Waals surface area contributed by atoms with Crippen molar-refractivity contribution in [3.8, 4) is 5.75 Å². The van der Waals surface area contributed by atoms with E-state index in [-0.39, 0.29) is 12.3 Å². The molecular weight excluding hydrogens is 343 g/mol. The number of halogens is 2. The van der Waals surface area contributed by atoms with E-state index < -0.39 is 10.7 Å². The summed E-state index contributed by atoms with van der Waals surface area (Å²) in [5.41, 5.74) is 1.43. The van der Waals surface area contributed by atoms with Gasteiger partial charge in [-0.3, -0.25) is 15.1 Å². The van der Waals surface area contributed by atoms with Crippen LogP contribution in [0.1, 0.15) is 16.8 Å². The Kier molecular flexibility index (Phi) is 4.52. The Morgan fingerprint density at radius 3 is 2.71 bits per heavy atom. The summed E-state index contributed by atoms with van der Waals surface area (Å²) in [5.74, 6) is -0.106. The maximum absolute atomic E-state index is 13.2. The van der Waals surface area contributed by atoms with E-state index in [0.29, 0.717) is 27.0 Å². The molecule has 0 N–H and O–H groups in total. The van der Waals surface area contributed by atoms with Crippen LogP contribution in [-0.2, 0) is 6.61 Å². The molecule has 0 amide bonds. The van der Waals surface area contributed by atoms with E-state index in [1.807, 2.05) is 0 Å².